The first-order chi connectivity index (χ1) is 8.08. The maximum atomic E-state index is 13.0. The van der Waals surface area contributed by atoms with Gasteiger partial charge in [0, 0.05) is 23.0 Å². The average molecular weight is 230 g/mol. The molecule has 2 aromatic rings. The molecule has 0 aliphatic carbocycles. The second-order valence-electron chi connectivity index (χ2n) is 3.81. The van der Waals surface area contributed by atoms with Crippen LogP contribution in [0, 0.1) is 12.7 Å². The van der Waals surface area contributed by atoms with E-state index in [2.05, 4.69) is 4.98 Å². The molecule has 4 heteroatoms. The molecule has 0 saturated heterocycles. The van der Waals surface area contributed by atoms with E-state index in [4.69, 9.17) is 5.73 Å². The number of carbonyl (C=O) groups is 1. The lowest BCUT2D eigenvalue weighted by atomic mass is 10.0. The van der Waals surface area contributed by atoms with E-state index in [-0.39, 0.29) is 11.3 Å². The molecule has 2 N–H and O–H groups in total. The standard InChI is InChI=1S/C13H11FN2O/c1-8-2-3-12(15)11(4-8)13(17)9-5-10(14)7-16-6-9/h2-7H,15H2,1H3. The van der Waals surface area contributed by atoms with Crippen molar-refractivity contribution in [1.82, 2.24) is 4.98 Å². The van der Waals surface area contributed by atoms with Gasteiger partial charge in [0.25, 0.3) is 0 Å². The molecule has 0 spiro atoms. The highest BCUT2D eigenvalue weighted by Gasteiger charge is 2.13. The van der Waals surface area contributed by atoms with Gasteiger partial charge in [-0.1, -0.05) is 11.6 Å². The Labute approximate surface area is 98.1 Å². The number of pyridine rings is 1. The summed E-state index contributed by atoms with van der Waals surface area (Å²) in [7, 11) is 0. The Bertz CT molecular complexity index is 581. The van der Waals surface area contributed by atoms with Crippen molar-refractivity contribution in [2.75, 3.05) is 5.73 Å². The summed E-state index contributed by atoms with van der Waals surface area (Å²) < 4.78 is 13.0. The highest BCUT2D eigenvalue weighted by Crippen LogP contribution is 2.18. The van der Waals surface area contributed by atoms with Gasteiger partial charge in [-0.3, -0.25) is 9.78 Å². The number of hydrogen-bond donors (Lipinski definition) is 1. The van der Waals surface area contributed by atoms with Crippen LogP contribution in [-0.2, 0) is 0 Å². The zero-order valence-electron chi connectivity index (χ0n) is 9.27. The van der Waals surface area contributed by atoms with Crippen molar-refractivity contribution in [1.29, 1.82) is 0 Å². The van der Waals surface area contributed by atoms with Crippen molar-refractivity contribution in [3.63, 3.8) is 0 Å². The van der Waals surface area contributed by atoms with Crippen LogP contribution in [-0.4, -0.2) is 10.8 Å². The van der Waals surface area contributed by atoms with Crippen LogP contribution in [0.4, 0.5) is 10.1 Å². The van der Waals surface area contributed by atoms with Gasteiger partial charge in [-0.2, -0.15) is 0 Å². The van der Waals surface area contributed by atoms with Crippen LogP contribution in [0.3, 0.4) is 0 Å². The number of nitrogen functional groups attached to an aromatic ring is 1. The number of rotatable bonds is 2. The highest BCUT2D eigenvalue weighted by molar-refractivity contribution is 6.12. The van der Waals surface area contributed by atoms with E-state index in [1.807, 2.05) is 13.0 Å². The molecule has 86 valence electrons. The van der Waals surface area contributed by atoms with Crippen LogP contribution in [0.1, 0.15) is 21.5 Å². The van der Waals surface area contributed by atoms with E-state index < -0.39 is 5.82 Å². The fraction of sp³-hybridized carbons (Fsp3) is 0.0769. The third-order valence-corrected chi connectivity index (χ3v) is 2.42. The second kappa shape index (κ2) is 4.33. The van der Waals surface area contributed by atoms with Gasteiger partial charge in [0.15, 0.2) is 5.78 Å². The van der Waals surface area contributed by atoms with E-state index in [0.29, 0.717) is 11.3 Å². The van der Waals surface area contributed by atoms with Gasteiger partial charge >= 0.3 is 0 Å². The number of aromatic nitrogens is 1. The number of hydrogen-bond acceptors (Lipinski definition) is 3. The molecule has 17 heavy (non-hydrogen) atoms. The Kier molecular flexibility index (Phi) is 2.87. The maximum absolute atomic E-state index is 13.0. The third-order valence-electron chi connectivity index (χ3n) is 2.42. The van der Waals surface area contributed by atoms with Crippen LogP contribution in [0.15, 0.2) is 36.7 Å². The first-order valence-corrected chi connectivity index (χ1v) is 5.09. The predicted molar refractivity (Wildman–Crippen MR) is 63.2 cm³/mol. The molecule has 0 atom stereocenters. The zero-order valence-corrected chi connectivity index (χ0v) is 9.27. The summed E-state index contributed by atoms with van der Waals surface area (Å²) in [6, 6.07) is 6.31. The summed E-state index contributed by atoms with van der Waals surface area (Å²) in [5, 5.41) is 0. The maximum Gasteiger partial charge on any atom is 0.196 e. The number of aryl methyl sites for hydroxylation is 1. The average Bonchev–Trinajstić information content (AvgIpc) is 2.31. The minimum atomic E-state index is -0.540. The minimum Gasteiger partial charge on any atom is -0.398 e. The SMILES string of the molecule is Cc1ccc(N)c(C(=O)c2cncc(F)c2)c1. The van der Waals surface area contributed by atoms with Gasteiger partial charge in [0.05, 0.1) is 6.20 Å². The van der Waals surface area contributed by atoms with Crippen LogP contribution in [0.5, 0.6) is 0 Å². The van der Waals surface area contributed by atoms with E-state index in [1.165, 1.54) is 6.20 Å². The van der Waals surface area contributed by atoms with Gasteiger partial charge in [-0.15, -0.1) is 0 Å². The largest absolute Gasteiger partial charge is 0.398 e. The van der Waals surface area contributed by atoms with Crippen LogP contribution < -0.4 is 5.73 Å². The van der Waals surface area contributed by atoms with Crippen LogP contribution in [0.2, 0.25) is 0 Å². The fourth-order valence-corrected chi connectivity index (χ4v) is 1.56. The number of benzene rings is 1. The molecule has 1 aromatic carbocycles. The summed E-state index contributed by atoms with van der Waals surface area (Å²) in [6.45, 7) is 1.86. The molecule has 0 amide bonds. The Morgan fingerprint density at radius 1 is 1.29 bits per heavy atom. The zero-order chi connectivity index (χ0) is 12.4. The number of anilines is 1. The van der Waals surface area contributed by atoms with E-state index >= 15 is 0 Å². The van der Waals surface area contributed by atoms with Crippen LogP contribution in [0.25, 0.3) is 0 Å². The molecule has 3 nitrogen and oxygen atoms in total. The fourth-order valence-electron chi connectivity index (χ4n) is 1.56. The molecule has 0 aliphatic rings. The van der Waals surface area contributed by atoms with Crippen molar-refractivity contribution in [2.45, 2.75) is 6.92 Å². The smallest absolute Gasteiger partial charge is 0.196 e. The van der Waals surface area contributed by atoms with Gasteiger partial charge in [0.2, 0.25) is 0 Å². The summed E-state index contributed by atoms with van der Waals surface area (Å²) in [6.07, 6.45) is 2.38. The normalized spacial score (nSPS) is 10.2. The number of nitrogens with zero attached hydrogens (tertiary/aromatic N) is 1. The van der Waals surface area contributed by atoms with Crippen molar-refractivity contribution < 1.29 is 9.18 Å². The van der Waals surface area contributed by atoms with Crippen LogP contribution >= 0.6 is 0 Å². The molecule has 0 unspecified atom stereocenters. The monoisotopic (exact) mass is 230 g/mol. The predicted octanol–water partition coefficient (Wildman–Crippen LogP) is 2.34. The topological polar surface area (TPSA) is 56.0 Å². The minimum absolute atomic E-state index is 0.197. The Morgan fingerprint density at radius 2 is 2.06 bits per heavy atom. The molecule has 0 bridgehead atoms. The summed E-state index contributed by atoms with van der Waals surface area (Å²) in [5.74, 6) is -0.861. The van der Waals surface area contributed by atoms with E-state index in [1.54, 1.807) is 12.1 Å². The molecular weight excluding hydrogens is 219 g/mol. The molecule has 2 rings (SSSR count). The third kappa shape index (κ3) is 2.30. The number of ketones is 1. The Hall–Kier alpha value is -2.23. The summed E-state index contributed by atoms with van der Waals surface area (Å²) in [4.78, 5) is 15.7. The van der Waals surface area contributed by atoms with Gasteiger partial charge in [-0.05, 0) is 25.1 Å². The molecule has 0 fully saturated rings. The van der Waals surface area contributed by atoms with Crippen molar-refractivity contribution in [2.24, 2.45) is 0 Å². The summed E-state index contributed by atoms with van der Waals surface area (Å²) >= 11 is 0. The molecule has 0 saturated carbocycles. The molecule has 1 heterocycles. The van der Waals surface area contributed by atoms with Crippen molar-refractivity contribution >= 4 is 11.5 Å². The molecule has 1 aromatic heterocycles. The number of nitrogens with two attached hydrogens (primary N) is 1. The first kappa shape index (κ1) is 11.3. The quantitative estimate of drug-likeness (QED) is 0.636. The van der Waals surface area contributed by atoms with Gasteiger partial charge in [0.1, 0.15) is 5.82 Å². The Balaban J connectivity index is 2.47. The van der Waals surface area contributed by atoms with E-state index in [0.717, 1.165) is 17.8 Å². The number of carbonyl (C=O) groups excluding carboxylic acids is 1. The first-order valence-electron chi connectivity index (χ1n) is 5.09. The summed E-state index contributed by atoms with van der Waals surface area (Å²) in [5.41, 5.74) is 7.60. The molecular formula is C13H11FN2O. The van der Waals surface area contributed by atoms with Gasteiger partial charge < -0.3 is 5.73 Å². The Morgan fingerprint density at radius 3 is 2.76 bits per heavy atom. The van der Waals surface area contributed by atoms with Crippen molar-refractivity contribution in [3.05, 3.63) is 59.2 Å². The van der Waals surface area contributed by atoms with Gasteiger partial charge in [-0.25, -0.2) is 4.39 Å². The lowest BCUT2D eigenvalue weighted by Gasteiger charge is -2.05. The molecule has 0 radical (unpaired) electrons. The lowest BCUT2D eigenvalue weighted by Crippen LogP contribution is -2.06. The van der Waals surface area contributed by atoms with Crippen molar-refractivity contribution in [3.8, 4) is 0 Å². The number of halogens is 1. The molecule has 0 aliphatic heterocycles. The highest BCUT2D eigenvalue weighted by atomic mass is 19.1. The second-order valence-corrected chi connectivity index (χ2v) is 3.81. The lowest BCUT2D eigenvalue weighted by molar-refractivity contribution is 0.103. The van der Waals surface area contributed by atoms with E-state index in [9.17, 15) is 9.18 Å².